The number of ether oxygens (including phenoxy) is 1. The number of aliphatic hydroxyl groups excluding tert-OH is 1. The van der Waals surface area contributed by atoms with Crippen molar-refractivity contribution in [3.05, 3.63) is 0 Å². The lowest BCUT2D eigenvalue weighted by Crippen LogP contribution is -2.61. The Bertz CT molecular complexity index is 338. The Kier molecular flexibility index (Phi) is 2.30. The summed E-state index contributed by atoms with van der Waals surface area (Å²) in [5.41, 5.74) is -0.0743. The minimum Gasteiger partial charge on any atom is -0.392 e. The van der Waals surface area contributed by atoms with Gasteiger partial charge >= 0.3 is 0 Å². The SMILES string of the molecule is CC1CCC(O)C2(C)CCC3CC12OC3(C)C. The predicted molar refractivity (Wildman–Crippen MR) is 67.7 cm³/mol. The Balaban J connectivity index is 2.07. The summed E-state index contributed by atoms with van der Waals surface area (Å²) < 4.78 is 6.59. The molecular weight excluding hydrogens is 212 g/mol. The minimum absolute atomic E-state index is 0.00306. The van der Waals surface area contributed by atoms with Crippen molar-refractivity contribution >= 4 is 0 Å². The minimum atomic E-state index is -0.173. The van der Waals surface area contributed by atoms with E-state index in [1.165, 1.54) is 6.42 Å². The lowest BCUT2D eigenvalue weighted by Gasteiger charge is -2.57. The van der Waals surface area contributed by atoms with E-state index in [2.05, 4.69) is 27.7 Å². The maximum Gasteiger partial charge on any atom is 0.0796 e. The molecule has 0 aromatic rings. The van der Waals surface area contributed by atoms with Gasteiger partial charge in [0.05, 0.1) is 17.3 Å². The summed E-state index contributed by atoms with van der Waals surface area (Å²) in [4.78, 5) is 0. The highest BCUT2D eigenvalue weighted by Gasteiger charge is 2.67. The molecular formula is C15H26O2. The van der Waals surface area contributed by atoms with Gasteiger partial charge in [-0.25, -0.2) is 0 Å². The van der Waals surface area contributed by atoms with Crippen molar-refractivity contribution in [2.24, 2.45) is 17.3 Å². The Morgan fingerprint density at radius 3 is 2.53 bits per heavy atom. The Hall–Kier alpha value is -0.0800. The number of hydrogen-bond donors (Lipinski definition) is 1. The van der Waals surface area contributed by atoms with Crippen molar-refractivity contribution in [1.82, 2.24) is 0 Å². The smallest absolute Gasteiger partial charge is 0.0796 e. The molecule has 17 heavy (non-hydrogen) atoms. The van der Waals surface area contributed by atoms with E-state index in [1.807, 2.05) is 0 Å². The summed E-state index contributed by atoms with van der Waals surface area (Å²) >= 11 is 0. The van der Waals surface area contributed by atoms with E-state index in [1.54, 1.807) is 0 Å². The molecule has 5 atom stereocenters. The molecule has 2 bridgehead atoms. The van der Waals surface area contributed by atoms with E-state index >= 15 is 0 Å². The highest BCUT2D eigenvalue weighted by molar-refractivity contribution is 5.16. The number of hydrogen-bond acceptors (Lipinski definition) is 2. The maximum absolute atomic E-state index is 10.5. The molecule has 0 radical (unpaired) electrons. The van der Waals surface area contributed by atoms with E-state index in [0.717, 1.165) is 25.7 Å². The largest absolute Gasteiger partial charge is 0.392 e. The molecule has 3 aliphatic rings. The van der Waals surface area contributed by atoms with Crippen molar-refractivity contribution in [2.75, 3.05) is 0 Å². The molecule has 98 valence electrons. The van der Waals surface area contributed by atoms with E-state index in [0.29, 0.717) is 11.8 Å². The lowest BCUT2D eigenvalue weighted by molar-refractivity contribution is -0.226. The first-order chi connectivity index (χ1) is 7.82. The van der Waals surface area contributed by atoms with Gasteiger partial charge in [0.2, 0.25) is 0 Å². The second-order valence-electron chi connectivity index (χ2n) is 7.45. The molecule has 2 saturated carbocycles. The molecule has 1 N–H and O–H groups in total. The van der Waals surface area contributed by atoms with Crippen molar-refractivity contribution in [1.29, 1.82) is 0 Å². The van der Waals surface area contributed by atoms with Gasteiger partial charge in [0, 0.05) is 5.41 Å². The second kappa shape index (κ2) is 3.27. The van der Waals surface area contributed by atoms with Crippen LogP contribution in [0.2, 0.25) is 0 Å². The van der Waals surface area contributed by atoms with Crippen molar-refractivity contribution in [3.8, 4) is 0 Å². The molecule has 3 rings (SSSR count). The molecule has 1 saturated heterocycles. The molecule has 2 heteroatoms. The van der Waals surface area contributed by atoms with Gasteiger partial charge in [-0.3, -0.25) is 0 Å². The molecule has 1 heterocycles. The average molecular weight is 238 g/mol. The first kappa shape index (κ1) is 12.0. The molecule has 0 amide bonds. The van der Waals surface area contributed by atoms with E-state index < -0.39 is 0 Å². The van der Waals surface area contributed by atoms with Crippen LogP contribution < -0.4 is 0 Å². The third-order valence-electron chi connectivity index (χ3n) is 6.36. The summed E-state index contributed by atoms with van der Waals surface area (Å²) in [6, 6.07) is 0. The van der Waals surface area contributed by atoms with Crippen LogP contribution in [-0.2, 0) is 4.74 Å². The average Bonchev–Trinajstić information content (AvgIpc) is 2.49. The van der Waals surface area contributed by atoms with Gasteiger partial charge in [-0.15, -0.1) is 0 Å². The van der Waals surface area contributed by atoms with Crippen molar-refractivity contribution in [2.45, 2.75) is 77.1 Å². The zero-order valence-corrected chi connectivity index (χ0v) is 11.6. The third-order valence-corrected chi connectivity index (χ3v) is 6.36. The predicted octanol–water partition coefficient (Wildman–Crippen LogP) is 3.13. The first-order valence-electron chi connectivity index (χ1n) is 7.20. The first-order valence-corrected chi connectivity index (χ1v) is 7.20. The molecule has 0 aromatic carbocycles. The van der Waals surface area contributed by atoms with Gasteiger partial charge in [0.25, 0.3) is 0 Å². The van der Waals surface area contributed by atoms with Crippen LogP contribution in [0, 0.1) is 17.3 Å². The van der Waals surface area contributed by atoms with Gasteiger partial charge in [-0.2, -0.15) is 0 Å². The fraction of sp³-hybridized carbons (Fsp3) is 1.00. The highest BCUT2D eigenvalue weighted by Crippen LogP contribution is 2.65. The summed E-state index contributed by atoms with van der Waals surface area (Å²) in [5.74, 6) is 1.27. The second-order valence-corrected chi connectivity index (χ2v) is 7.45. The monoisotopic (exact) mass is 238 g/mol. The van der Waals surface area contributed by atoms with Crippen LogP contribution in [0.1, 0.15) is 59.8 Å². The van der Waals surface area contributed by atoms with Crippen molar-refractivity contribution < 1.29 is 9.84 Å². The van der Waals surface area contributed by atoms with E-state index in [-0.39, 0.29) is 22.7 Å². The highest BCUT2D eigenvalue weighted by atomic mass is 16.5. The van der Waals surface area contributed by atoms with Crippen LogP contribution in [0.3, 0.4) is 0 Å². The Labute approximate surface area is 105 Å². The molecule has 2 nitrogen and oxygen atoms in total. The van der Waals surface area contributed by atoms with E-state index in [9.17, 15) is 5.11 Å². The van der Waals surface area contributed by atoms with Crippen LogP contribution in [0.5, 0.6) is 0 Å². The Morgan fingerprint density at radius 1 is 1.12 bits per heavy atom. The van der Waals surface area contributed by atoms with Gasteiger partial charge in [0.15, 0.2) is 0 Å². The molecule has 2 aliphatic carbocycles. The lowest BCUT2D eigenvalue weighted by atomic mass is 9.51. The van der Waals surface area contributed by atoms with Crippen LogP contribution in [0.4, 0.5) is 0 Å². The molecule has 0 aromatic heterocycles. The van der Waals surface area contributed by atoms with Gasteiger partial charge in [0.1, 0.15) is 0 Å². The van der Waals surface area contributed by atoms with Crippen LogP contribution in [-0.4, -0.2) is 22.4 Å². The zero-order chi connectivity index (χ0) is 12.5. The van der Waals surface area contributed by atoms with Gasteiger partial charge in [-0.1, -0.05) is 13.8 Å². The van der Waals surface area contributed by atoms with Gasteiger partial charge in [-0.05, 0) is 57.8 Å². The summed E-state index contributed by atoms with van der Waals surface area (Å²) in [5, 5.41) is 10.5. The number of fused-ring (bicyclic) bond motifs is 1. The molecule has 3 fully saturated rings. The summed E-state index contributed by atoms with van der Waals surface area (Å²) in [6.07, 6.45) is 5.40. The number of aliphatic hydroxyl groups is 1. The van der Waals surface area contributed by atoms with Crippen LogP contribution >= 0.6 is 0 Å². The van der Waals surface area contributed by atoms with Crippen molar-refractivity contribution in [3.63, 3.8) is 0 Å². The normalized spacial score (nSPS) is 56.6. The summed E-state index contributed by atoms with van der Waals surface area (Å²) in [6.45, 7) is 9.08. The zero-order valence-electron chi connectivity index (χ0n) is 11.6. The topological polar surface area (TPSA) is 29.5 Å². The Morgan fingerprint density at radius 2 is 1.82 bits per heavy atom. The van der Waals surface area contributed by atoms with E-state index in [4.69, 9.17) is 4.74 Å². The standard InChI is InChI=1S/C15H26O2/c1-10-5-6-12(16)14(4)8-7-11-9-15(10,14)17-13(11,2)3/h10-12,16H,5-9H2,1-4H3. The molecule has 5 unspecified atom stereocenters. The summed E-state index contributed by atoms with van der Waals surface area (Å²) in [7, 11) is 0. The fourth-order valence-electron chi connectivity index (χ4n) is 4.96. The van der Waals surface area contributed by atoms with Crippen LogP contribution in [0.25, 0.3) is 0 Å². The fourth-order valence-corrected chi connectivity index (χ4v) is 4.96. The number of rotatable bonds is 0. The van der Waals surface area contributed by atoms with Gasteiger partial charge < -0.3 is 9.84 Å². The van der Waals surface area contributed by atoms with Crippen LogP contribution in [0.15, 0.2) is 0 Å². The molecule has 1 spiro atoms. The molecule has 1 aliphatic heterocycles. The quantitative estimate of drug-likeness (QED) is 0.702. The third kappa shape index (κ3) is 1.29. The maximum atomic E-state index is 10.5.